The van der Waals surface area contributed by atoms with Crippen LogP contribution >= 0.6 is 0 Å². The number of aliphatic hydroxyl groups excluding tert-OH is 1. The Morgan fingerprint density at radius 2 is 1.71 bits per heavy atom. The Kier molecular flexibility index (Phi) is 4.28. The van der Waals surface area contributed by atoms with Gasteiger partial charge < -0.3 is 14.7 Å². The quantitative estimate of drug-likeness (QED) is 0.911. The van der Waals surface area contributed by atoms with Crippen molar-refractivity contribution in [3.05, 3.63) is 35.9 Å². The summed E-state index contributed by atoms with van der Waals surface area (Å²) in [6.45, 7) is 9.22. The highest BCUT2D eigenvalue weighted by atomic mass is 16.6. The second kappa shape index (κ2) is 5.68. The number of benzene rings is 1. The Morgan fingerprint density at radius 3 is 2.24 bits per heavy atom. The van der Waals surface area contributed by atoms with Crippen LogP contribution in [0.3, 0.4) is 0 Å². The van der Waals surface area contributed by atoms with Gasteiger partial charge in [0.1, 0.15) is 6.61 Å². The first-order valence-electron chi connectivity index (χ1n) is 7.36. The summed E-state index contributed by atoms with van der Waals surface area (Å²) >= 11 is 0. The molecule has 116 valence electrons. The van der Waals surface area contributed by atoms with E-state index < -0.39 is 6.10 Å². The number of carbonyl (C=O) groups is 1. The third-order valence-corrected chi connectivity index (χ3v) is 4.14. The van der Waals surface area contributed by atoms with Crippen molar-refractivity contribution in [3.8, 4) is 0 Å². The van der Waals surface area contributed by atoms with E-state index in [1.807, 2.05) is 58.0 Å². The molecule has 0 spiro atoms. The maximum atomic E-state index is 12.3. The maximum absolute atomic E-state index is 12.3. The third kappa shape index (κ3) is 3.56. The van der Waals surface area contributed by atoms with Crippen molar-refractivity contribution < 1.29 is 14.6 Å². The highest BCUT2D eigenvalue weighted by Gasteiger charge is 2.47. The number of nitrogens with zero attached hydrogens (tertiary/aromatic N) is 1. The van der Waals surface area contributed by atoms with Crippen molar-refractivity contribution in [1.82, 2.24) is 4.90 Å². The number of aliphatic hydroxyl groups is 1. The topological polar surface area (TPSA) is 49.8 Å². The zero-order valence-electron chi connectivity index (χ0n) is 13.3. The fourth-order valence-electron chi connectivity index (χ4n) is 3.21. The lowest BCUT2D eigenvalue weighted by Crippen LogP contribution is -2.59. The van der Waals surface area contributed by atoms with Gasteiger partial charge in [0, 0.05) is 23.9 Å². The molecule has 1 aromatic carbocycles. The van der Waals surface area contributed by atoms with Gasteiger partial charge in [0.25, 0.3) is 0 Å². The Hall–Kier alpha value is -1.55. The zero-order valence-corrected chi connectivity index (χ0v) is 13.3. The molecule has 1 amide bonds. The monoisotopic (exact) mass is 291 g/mol. The summed E-state index contributed by atoms with van der Waals surface area (Å²) in [5.41, 5.74) is 0.294. The van der Waals surface area contributed by atoms with E-state index in [0.29, 0.717) is 13.1 Å². The first-order valence-corrected chi connectivity index (χ1v) is 7.36. The van der Waals surface area contributed by atoms with E-state index in [-0.39, 0.29) is 23.5 Å². The molecule has 1 N–H and O–H groups in total. The highest BCUT2D eigenvalue weighted by Crippen LogP contribution is 2.40. The number of ether oxygens (including phenoxy) is 1. The summed E-state index contributed by atoms with van der Waals surface area (Å²) in [4.78, 5) is 14.0. The van der Waals surface area contributed by atoms with Gasteiger partial charge in [-0.15, -0.1) is 0 Å². The molecule has 2 rings (SSSR count). The van der Waals surface area contributed by atoms with Gasteiger partial charge in [0.15, 0.2) is 0 Å². The van der Waals surface area contributed by atoms with E-state index in [0.717, 1.165) is 5.56 Å². The van der Waals surface area contributed by atoms with Gasteiger partial charge in [-0.1, -0.05) is 58.0 Å². The molecular formula is C17H25NO3. The summed E-state index contributed by atoms with van der Waals surface area (Å²) < 4.78 is 5.39. The van der Waals surface area contributed by atoms with Crippen LogP contribution in [0.25, 0.3) is 0 Å². The molecule has 21 heavy (non-hydrogen) atoms. The molecule has 0 aliphatic carbocycles. The van der Waals surface area contributed by atoms with E-state index in [2.05, 4.69) is 0 Å². The molecule has 1 aromatic rings. The number of carbonyl (C=O) groups excluding carboxylic acids is 1. The summed E-state index contributed by atoms with van der Waals surface area (Å²) in [7, 11) is 0. The summed E-state index contributed by atoms with van der Waals surface area (Å²) in [5, 5.41) is 10.4. The molecule has 0 aromatic heterocycles. The smallest absolute Gasteiger partial charge is 0.410 e. The van der Waals surface area contributed by atoms with Gasteiger partial charge in [-0.2, -0.15) is 0 Å². The number of rotatable bonds is 2. The van der Waals surface area contributed by atoms with Gasteiger partial charge in [-0.05, 0) is 5.56 Å². The summed E-state index contributed by atoms with van der Waals surface area (Å²) in [5.74, 6) is 0. The molecule has 4 nitrogen and oxygen atoms in total. The van der Waals surface area contributed by atoms with E-state index in [1.165, 1.54) is 0 Å². The third-order valence-electron chi connectivity index (χ3n) is 4.14. The minimum Gasteiger partial charge on any atom is -0.445 e. The van der Waals surface area contributed by atoms with E-state index in [1.54, 1.807) is 4.90 Å². The second-order valence-electron chi connectivity index (χ2n) is 7.28. The maximum Gasteiger partial charge on any atom is 0.410 e. The van der Waals surface area contributed by atoms with Gasteiger partial charge in [-0.3, -0.25) is 0 Å². The molecular weight excluding hydrogens is 266 g/mol. The van der Waals surface area contributed by atoms with Gasteiger partial charge in [0.2, 0.25) is 0 Å². The Bertz CT molecular complexity index is 478. The molecule has 1 heterocycles. The predicted molar refractivity (Wildman–Crippen MR) is 81.8 cm³/mol. The molecule has 1 aliphatic heterocycles. The Balaban J connectivity index is 1.99. The standard InChI is InChI=1S/C17H25NO3/c1-16(2)11-18(12-17(3,4)14(16)19)15(20)21-10-13-8-6-5-7-9-13/h5-9,14,19H,10-12H2,1-4H3. The van der Waals surface area contributed by atoms with Crippen molar-refractivity contribution in [2.75, 3.05) is 13.1 Å². The normalized spacial score (nSPS) is 21.1. The van der Waals surface area contributed by atoms with E-state index in [4.69, 9.17) is 4.74 Å². The van der Waals surface area contributed by atoms with Crippen LogP contribution in [0.2, 0.25) is 0 Å². The van der Waals surface area contributed by atoms with Crippen LogP contribution in [0.1, 0.15) is 33.3 Å². The summed E-state index contributed by atoms with van der Waals surface area (Å²) in [6, 6.07) is 9.64. The van der Waals surface area contributed by atoms with Crippen LogP contribution in [0, 0.1) is 10.8 Å². The number of piperidine rings is 1. The lowest BCUT2D eigenvalue weighted by molar-refractivity contribution is -0.102. The van der Waals surface area contributed by atoms with Gasteiger partial charge in [-0.25, -0.2) is 4.79 Å². The molecule has 0 saturated carbocycles. The fraction of sp³-hybridized carbons (Fsp3) is 0.588. The number of hydrogen-bond acceptors (Lipinski definition) is 3. The van der Waals surface area contributed by atoms with Gasteiger partial charge in [0.05, 0.1) is 6.10 Å². The Morgan fingerprint density at radius 1 is 1.19 bits per heavy atom. The van der Waals surface area contributed by atoms with Crippen molar-refractivity contribution in [2.45, 2.75) is 40.4 Å². The summed E-state index contributed by atoms with van der Waals surface area (Å²) in [6.07, 6.45) is -0.755. The molecule has 4 heteroatoms. The van der Waals surface area contributed by atoms with Crippen molar-refractivity contribution in [3.63, 3.8) is 0 Å². The molecule has 0 bridgehead atoms. The Labute approximate surface area is 126 Å². The van der Waals surface area contributed by atoms with Crippen LogP contribution < -0.4 is 0 Å². The average Bonchev–Trinajstić information content (AvgIpc) is 2.42. The van der Waals surface area contributed by atoms with Crippen molar-refractivity contribution in [1.29, 1.82) is 0 Å². The van der Waals surface area contributed by atoms with Crippen LogP contribution in [-0.4, -0.2) is 35.3 Å². The van der Waals surface area contributed by atoms with Crippen LogP contribution in [0.15, 0.2) is 30.3 Å². The molecule has 1 fully saturated rings. The molecule has 0 radical (unpaired) electrons. The largest absolute Gasteiger partial charge is 0.445 e. The first-order chi connectivity index (χ1) is 9.72. The van der Waals surface area contributed by atoms with Crippen molar-refractivity contribution in [2.24, 2.45) is 10.8 Å². The lowest BCUT2D eigenvalue weighted by atomic mass is 9.68. The number of amides is 1. The average molecular weight is 291 g/mol. The fourth-order valence-corrected chi connectivity index (χ4v) is 3.21. The molecule has 1 saturated heterocycles. The van der Waals surface area contributed by atoms with Crippen LogP contribution in [-0.2, 0) is 11.3 Å². The van der Waals surface area contributed by atoms with Crippen molar-refractivity contribution >= 4 is 6.09 Å². The number of likely N-dealkylation sites (tertiary alicyclic amines) is 1. The molecule has 0 atom stereocenters. The highest BCUT2D eigenvalue weighted by molar-refractivity contribution is 5.68. The first kappa shape index (κ1) is 15.8. The second-order valence-corrected chi connectivity index (χ2v) is 7.28. The van der Waals surface area contributed by atoms with Gasteiger partial charge >= 0.3 is 6.09 Å². The van der Waals surface area contributed by atoms with E-state index >= 15 is 0 Å². The van der Waals surface area contributed by atoms with E-state index in [9.17, 15) is 9.90 Å². The zero-order chi connectivity index (χ0) is 15.7. The minimum atomic E-state index is -0.442. The van der Waals surface area contributed by atoms with Crippen LogP contribution in [0.5, 0.6) is 0 Å². The predicted octanol–water partition coefficient (Wildman–Crippen LogP) is 3.05. The molecule has 0 unspecified atom stereocenters. The molecule has 1 aliphatic rings. The lowest BCUT2D eigenvalue weighted by Gasteiger charge is -2.50. The minimum absolute atomic E-state index is 0.277. The SMILES string of the molecule is CC1(C)CN(C(=O)OCc2ccccc2)CC(C)(C)C1O. The number of hydrogen-bond donors (Lipinski definition) is 1. The van der Waals surface area contributed by atoms with Crippen LogP contribution in [0.4, 0.5) is 4.79 Å².